The van der Waals surface area contributed by atoms with Crippen molar-refractivity contribution < 1.29 is 5.11 Å². The fraction of sp³-hybridized carbons (Fsp3) is 1.00. The van der Waals surface area contributed by atoms with E-state index >= 15 is 0 Å². The third-order valence-electron chi connectivity index (χ3n) is 1.82. The number of hydrogen-bond acceptors (Lipinski definition) is 5. The van der Waals surface area contributed by atoms with Crippen molar-refractivity contribution in [1.82, 2.24) is 10.6 Å². The first-order valence-corrected chi connectivity index (χ1v) is 4.80. The smallest absolute Gasteiger partial charge is 0.0446 e. The lowest BCUT2D eigenvalue weighted by atomic mass is 10.2. The van der Waals surface area contributed by atoms with Crippen molar-refractivity contribution in [1.29, 1.82) is 0 Å². The van der Waals surface area contributed by atoms with E-state index in [1.807, 2.05) is 0 Å². The highest BCUT2D eigenvalue weighted by Gasteiger charge is 2.02. The van der Waals surface area contributed by atoms with Gasteiger partial charge in [-0.1, -0.05) is 0 Å². The zero-order valence-corrected chi connectivity index (χ0v) is 8.13. The summed E-state index contributed by atoms with van der Waals surface area (Å²) >= 11 is 0. The first-order valence-electron chi connectivity index (χ1n) is 4.80. The molecular weight excluding hydrogens is 168 g/mol. The van der Waals surface area contributed by atoms with Crippen molar-refractivity contribution in [2.24, 2.45) is 11.5 Å². The number of rotatable bonds is 9. The Morgan fingerprint density at radius 3 is 2.46 bits per heavy atom. The van der Waals surface area contributed by atoms with E-state index in [2.05, 4.69) is 10.6 Å². The fourth-order valence-electron chi connectivity index (χ4n) is 1.05. The Morgan fingerprint density at radius 1 is 1.15 bits per heavy atom. The highest BCUT2D eigenvalue weighted by atomic mass is 16.3. The summed E-state index contributed by atoms with van der Waals surface area (Å²) in [6, 6.07) is 0.227. The molecule has 0 fully saturated rings. The third kappa shape index (κ3) is 8.14. The van der Waals surface area contributed by atoms with Gasteiger partial charge in [0.15, 0.2) is 0 Å². The maximum Gasteiger partial charge on any atom is 0.0446 e. The second-order valence-corrected chi connectivity index (χ2v) is 2.94. The molecule has 13 heavy (non-hydrogen) atoms. The monoisotopic (exact) mass is 190 g/mol. The molecule has 0 aliphatic heterocycles. The van der Waals surface area contributed by atoms with Crippen LogP contribution in [0.25, 0.3) is 0 Å². The lowest BCUT2D eigenvalue weighted by Crippen LogP contribution is -2.41. The van der Waals surface area contributed by atoms with Crippen molar-refractivity contribution in [3.8, 4) is 0 Å². The van der Waals surface area contributed by atoms with Crippen LogP contribution in [0.2, 0.25) is 0 Å². The van der Waals surface area contributed by atoms with Crippen LogP contribution in [0.4, 0.5) is 0 Å². The quantitative estimate of drug-likeness (QED) is 0.267. The van der Waals surface area contributed by atoms with Gasteiger partial charge in [-0.15, -0.1) is 0 Å². The average molecular weight is 190 g/mol. The molecule has 0 radical (unpaired) electrons. The van der Waals surface area contributed by atoms with Gasteiger partial charge in [-0.3, -0.25) is 0 Å². The molecular formula is C8H22N4O. The molecule has 7 N–H and O–H groups in total. The molecule has 5 heteroatoms. The number of nitrogens with one attached hydrogen (secondary N) is 2. The molecule has 0 bridgehead atoms. The van der Waals surface area contributed by atoms with Crippen molar-refractivity contribution in [3.05, 3.63) is 0 Å². The number of nitrogens with two attached hydrogens (primary N) is 2. The number of aliphatic hydroxyl groups is 1. The van der Waals surface area contributed by atoms with Crippen LogP contribution < -0.4 is 22.1 Å². The molecule has 0 aliphatic rings. The molecule has 0 aliphatic carbocycles. The molecule has 1 unspecified atom stereocenters. The lowest BCUT2D eigenvalue weighted by molar-refractivity contribution is 0.266. The molecule has 0 rings (SSSR count). The first-order chi connectivity index (χ1) is 6.35. The molecule has 0 heterocycles. The SMILES string of the molecule is NCCNCCNC(CN)CCO. The second kappa shape index (κ2) is 9.88. The van der Waals surface area contributed by atoms with Crippen molar-refractivity contribution in [3.63, 3.8) is 0 Å². The number of aliphatic hydroxyl groups excluding tert-OH is 1. The Bertz CT molecular complexity index is 102. The van der Waals surface area contributed by atoms with E-state index < -0.39 is 0 Å². The van der Waals surface area contributed by atoms with Gasteiger partial charge >= 0.3 is 0 Å². The molecule has 0 spiro atoms. The summed E-state index contributed by atoms with van der Waals surface area (Å²) in [6.45, 7) is 4.01. The molecule has 0 aromatic rings. The maximum absolute atomic E-state index is 8.68. The zero-order valence-electron chi connectivity index (χ0n) is 8.13. The van der Waals surface area contributed by atoms with Gasteiger partial charge < -0.3 is 27.2 Å². The molecule has 80 valence electrons. The molecule has 5 nitrogen and oxygen atoms in total. The molecule has 0 aromatic carbocycles. The summed E-state index contributed by atoms with van der Waals surface area (Å²) in [5.41, 5.74) is 10.8. The Kier molecular flexibility index (Phi) is 9.73. The van der Waals surface area contributed by atoms with E-state index in [0.29, 0.717) is 19.5 Å². The van der Waals surface area contributed by atoms with E-state index in [1.165, 1.54) is 0 Å². The van der Waals surface area contributed by atoms with Gasteiger partial charge in [0.25, 0.3) is 0 Å². The summed E-state index contributed by atoms with van der Waals surface area (Å²) in [7, 11) is 0. The summed E-state index contributed by atoms with van der Waals surface area (Å²) in [5, 5.41) is 15.1. The summed E-state index contributed by atoms with van der Waals surface area (Å²) < 4.78 is 0. The van der Waals surface area contributed by atoms with E-state index in [9.17, 15) is 0 Å². The highest BCUT2D eigenvalue weighted by Crippen LogP contribution is 1.86. The molecule has 0 amide bonds. The summed E-state index contributed by atoms with van der Waals surface area (Å²) in [6.07, 6.45) is 0.716. The minimum absolute atomic E-state index is 0.186. The highest BCUT2D eigenvalue weighted by molar-refractivity contribution is 4.67. The second-order valence-electron chi connectivity index (χ2n) is 2.94. The van der Waals surface area contributed by atoms with Gasteiger partial charge in [0, 0.05) is 45.4 Å². The van der Waals surface area contributed by atoms with Crippen LogP contribution in [0.5, 0.6) is 0 Å². The summed E-state index contributed by atoms with van der Waals surface area (Å²) in [4.78, 5) is 0. The largest absolute Gasteiger partial charge is 0.396 e. The Labute approximate surface area is 79.9 Å². The van der Waals surface area contributed by atoms with Gasteiger partial charge in [-0.05, 0) is 6.42 Å². The normalized spacial score (nSPS) is 13.2. The van der Waals surface area contributed by atoms with E-state index in [1.54, 1.807) is 0 Å². The molecule has 0 saturated heterocycles. The molecule has 1 atom stereocenters. The van der Waals surface area contributed by atoms with Crippen molar-refractivity contribution in [2.45, 2.75) is 12.5 Å². The van der Waals surface area contributed by atoms with E-state index in [4.69, 9.17) is 16.6 Å². The van der Waals surface area contributed by atoms with Crippen LogP contribution in [-0.2, 0) is 0 Å². The van der Waals surface area contributed by atoms with Crippen LogP contribution in [0, 0.1) is 0 Å². The third-order valence-corrected chi connectivity index (χ3v) is 1.82. The Balaban J connectivity index is 3.17. The van der Waals surface area contributed by atoms with Crippen LogP contribution in [0.15, 0.2) is 0 Å². The van der Waals surface area contributed by atoms with E-state index in [0.717, 1.165) is 19.6 Å². The van der Waals surface area contributed by atoms with Gasteiger partial charge in [-0.2, -0.15) is 0 Å². The Morgan fingerprint density at radius 2 is 1.92 bits per heavy atom. The van der Waals surface area contributed by atoms with E-state index in [-0.39, 0.29) is 12.6 Å². The fourth-order valence-corrected chi connectivity index (χ4v) is 1.05. The van der Waals surface area contributed by atoms with Gasteiger partial charge in [0.2, 0.25) is 0 Å². The first kappa shape index (κ1) is 12.8. The van der Waals surface area contributed by atoms with Crippen LogP contribution in [0.1, 0.15) is 6.42 Å². The lowest BCUT2D eigenvalue weighted by Gasteiger charge is -2.15. The van der Waals surface area contributed by atoms with Crippen LogP contribution in [-0.4, -0.2) is 50.5 Å². The van der Waals surface area contributed by atoms with Crippen molar-refractivity contribution >= 4 is 0 Å². The number of hydrogen-bond donors (Lipinski definition) is 5. The average Bonchev–Trinajstić information content (AvgIpc) is 2.16. The molecule has 0 saturated carbocycles. The standard InChI is InChI=1S/C8H22N4O/c9-2-3-11-4-5-12-8(7-10)1-6-13/h8,11-13H,1-7,9-10H2. The van der Waals surface area contributed by atoms with Gasteiger partial charge in [0.05, 0.1) is 0 Å². The van der Waals surface area contributed by atoms with Crippen LogP contribution in [0.3, 0.4) is 0 Å². The Hall–Kier alpha value is -0.200. The predicted molar refractivity (Wildman–Crippen MR) is 54.5 cm³/mol. The minimum Gasteiger partial charge on any atom is -0.396 e. The zero-order chi connectivity index (χ0) is 9.94. The summed E-state index contributed by atoms with van der Waals surface area (Å²) in [5.74, 6) is 0. The predicted octanol–water partition coefficient (Wildman–Crippen LogP) is -2.17. The minimum atomic E-state index is 0.186. The van der Waals surface area contributed by atoms with Crippen LogP contribution >= 0.6 is 0 Å². The van der Waals surface area contributed by atoms with Gasteiger partial charge in [-0.25, -0.2) is 0 Å². The molecule has 0 aromatic heterocycles. The van der Waals surface area contributed by atoms with Gasteiger partial charge in [0.1, 0.15) is 0 Å². The van der Waals surface area contributed by atoms with Crippen molar-refractivity contribution in [2.75, 3.05) is 39.3 Å². The maximum atomic E-state index is 8.68. The topological polar surface area (TPSA) is 96.3 Å².